The molecule has 1 aliphatic heterocycles. The smallest absolute Gasteiger partial charge is 0.240 e. The van der Waals surface area contributed by atoms with Crippen molar-refractivity contribution >= 4 is 28.3 Å². The van der Waals surface area contributed by atoms with Gasteiger partial charge in [-0.25, -0.2) is 13.6 Å². The molecule has 8 heteroatoms. The number of hydrogen-bond acceptors (Lipinski definition) is 4. The lowest BCUT2D eigenvalue weighted by Gasteiger charge is -2.33. The average molecular weight is 348 g/mol. The Balaban J connectivity index is 0.00000242. The van der Waals surface area contributed by atoms with Crippen LogP contribution in [-0.4, -0.2) is 26.4 Å². The lowest BCUT2D eigenvalue weighted by Crippen LogP contribution is -2.56. The molecular weight excluding hydrogens is 326 g/mol. The number of carbonyl (C=O) groups excluding carboxylic acids is 1. The number of hydrogen-bond donors (Lipinski definition) is 3. The van der Waals surface area contributed by atoms with Crippen molar-refractivity contribution in [2.45, 2.75) is 43.2 Å². The minimum absolute atomic E-state index is 0. The molecule has 0 bridgehead atoms. The molecule has 0 spiro atoms. The van der Waals surface area contributed by atoms with Crippen molar-refractivity contribution < 1.29 is 13.2 Å². The van der Waals surface area contributed by atoms with E-state index in [4.69, 9.17) is 5.14 Å². The van der Waals surface area contributed by atoms with E-state index in [0.717, 1.165) is 25.8 Å². The maximum Gasteiger partial charge on any atom is 0.240 e. The topological polar surface area (TPSA) is 101 Å². The largest absolute Gasteiger partial charge is 0.350 e. The Morgan fingerprint density at radius 1 is 1.41 bits per heavy atom. The summed E-state index contributed by atoms with van der Waals surface area (Å²) in [5.41, 5.74) is 0.157. The molecule has 0 radical (unpaired) electrons. The third-order valence-corrected chi connectivity index (χ3v) is 4.71. The Bertz CT molecular complexity index is 628. The van der Waals surface area contributed by atoms with E-state index in [1.54, 1.807) is 12.1 Å². The van der Waals surface area contributed by atoms with Crippen molar-refractivity contribution in [3.63, 3.8) is 0 Å². The third kappa shape index (κ3) is 4.67. The molecule has 1 aliphatic rings. The minimum Gasteiger partial charge on any atom is -0.350 e. The van der Waals surface area contributed by atoms with Gasteiger partial charge in [-0.3, -0.25) is 4.79 Å². The number of benzene rings is 1. The van der Waals surface area contributed by atoms with Crippen LogP contribution in [0, 0.1) is 0 Å². The molecule has 1 heterocycles. The Labute approximate surface area is 137 Å². The molecule has 1 unspecified atom stereocenters. The van der Waals surface area contributed by atoms with Crippen molar-refractivity contribution in [2.75, 3.05) is 6.54 Å². The molecule has 1 fully saturated rings. The summed E-state index contributed by atoms with van der Waals surface area (Å²) in [5, 5.41) is 11.2. The highest BCUT2D eigenvalue weighted by atomic mass is 35.5. The van der Waals surface area contributed by atoms with Gasteiger partial charge in [0.05, 0.1) is 10.4 Å². The zero-order valence-corrected chi connectivity index (χ0v) is 14.1. The normalized spacial score (nSPS) is 21.7. The molecule has 1 amide bonds. The number of piperidine rings is 1. The number of carbonyl (C=O) groups is 1. The summed E-state index contributed by atoms with van der Waals surface area (Å²) in [5.74, 6) is -0.0665. The molecule has 1 saturated heterocycles. The van der Waals surface area contributed by atoms with Crippen LogP contribution >= 0.6 is 12.4 Å². The fraction of sp³-hybridized carbons (Fsp3) is 0.500. The van der Waals surface area contributed by atoms with E-state index in [2.05, 4.69) is 10.6 Å². The highest BCUT2D eigenvalue weighted by molar-refractivity contribution is 7.89. The second-order valence-electron chi connectivity index (χ2n) is 5.59. The van der Waals surface area contributed by atoms with E-state index in [1.807, 2.05) is 6.92 Å². The predicted molar refractivity (Wildman–Crippen MR) is 87.2 cm³/mol. The Morgan fingerprint density at radius 2 is 2.14 bits per heavy atom. The van der Waals surface area contributed by atoms with Crippen molar-refractivity contribution in [2.24, 2.45) is 5.14 Å². The fourth-order valence-corrected chi connectivity index (χ4v) is 3.04. The van der Waals surface area contributed by atoms with Crippen molar-refractivity contribution in [3.05, 3.63) is 29.8 Å². The van der Waals surface area contributed by atoms with E-state index in [0.29, 0.717) is 5.56 Å². The SMILES string of the molecule is CC1(C(=O)NCc2cccc(S(N)(=O)=O)c2)CCCCN1.Cl. The van der Waals surface area contributed by atoms with Gasteiger partial charge in [0.15, 0.2) is 0 Å². The standard InChI is InChI=1S/C14H21N3O3S.ClH/c1-14(7-2-3-8-17-14)13(18)16-10-11-5-4-6-12(9-11)21(15,19)20;/h4-6,9,17H,2-3,7-8,10H2,1H3,(H,16,18)(H2,15,19,20);1H. The van der Waals surface area contributed by atoms with Gasteiger partial charge in [0.1, 0.15) is 0 Å². The summed E-state index contributed by atoms with van der Waals surface area (Å²) in [4.78, 5) is 12.3. The van der Waals surface area contributed by atoms with Gasteiger partial charge in [0.25, 0.3) is 0 Å². The lowest BCUT2D eigenvalue weighted by atomic mass is 9.90. The Kier molecular flexibility index (Phi) is 6.37. The van der Waals surface area contributed by atoms with Crippen LogP contribution in [0.15, 0.2) is 29.2 Å². The zero-order valence-electron chi connectivity index (χ0n) is 12.5. The summed E-state index contributed by atoms with van der Waals surface area (Å²) in [6.45, 7) is 3.01. The van der Waals surface area contributed by atoms with Crippen LogP contribution in [0.5, 0.6) is 0 Å². The predicted octanol–water partition coefficient (Wildman–Crippen LogP) is 0.904. The molecule has 1 aromatic carbocycles. The maximum absolute atomic E-state index is 12.3. The summed E-state index contributed by atoms with van der Waals surface area (Å²) >= 11 is 0. The number of sulfonamides is 1. The van der Waals surface area contributed by atoms with Gasteiger partial charge in [-0.05, 0) is 50.4 Å². The van der Waals surface area contributed by atoms with E-state index in [1.165, 1.54) is 12.1 Å². The van der Waals surface area contributed by atoms with Gasteiger partial charge in [0.2, 0.25) is 15.9 Å². The summed E-state index contributed by atoms with van der Waals surface area (Å²) in [6, 6.07) is 6.28. The monoisotopic (exact) mass is 347 g/mol. The van der Waals surface area contributed by atoms with Crippen LogP contribution in [0.2, 0.25) is 0 Å². The van der Waals surface area contributed by atoms with Crippen LogP contribution < -0.4 is 15.8 Å². The number of rotatable bonds is 4. The van der Waals surface area contributed by atoms with E-state index >= 15 is 0 Å². The third-order valence-electron chi connectivity index (χ3n) is 3.80. The quantitative estimate of drug-likeness (QED) is 0.753. The molecule has 0 aliphatic carbocycles. The molecule has 22 heavy (non-hydrogen) atoms. The highest BCUT2D eigenvalue weighted by Gasteiger charge is 2.33. The molecule has 1 atom stereocenters. The first-order chi connectivity index (χ1) is 9.81. The second-order valence-corrected chi connectivity index (χ2v) is 7.15. The van der Waals surface area contributed by atoms with E-state index in [9.17, 15) is 13.2 Å². The van der Waals surface area contributed by atoms with Crippen LogP contribution in [-0.2, 0) is 21.4 Å². The van der Waals surface area contributed by atoms with E-state index < -0.39 is 15.6 Å². The number of halogens is 1. The van der Waals surface area contributed by atoms with Crippen LogP contribution in [0.4, 0.5) is 0 Å². The molecule has 124 valence electrons. The zero-order chi connectivity index (χ0) is 15.5. The first-order valence-corrected chi connectivity index (χ1v) is 8.51. The molecule has 0 aromatic heterocycles. The molecule has 0 saturated carbocycles. The minimum atomic E-state index is -3.72. The summed E-state index contributed by atoms with van der Waals surface area (Å²) < 4.78 is 22.6. The molecule has 2 rings (SSSR count). The van der Waals surface area contributed by atoms with Crippen molar-refractivity contribution in [3.8, 4) is 0 Å². The van der Waals surface area contributed by atoms with E-state index in [-0.39, 0.29) is 29.8 Å². The van der Waals surface area contributed by atoms with Gasteiger partial charge in [-0.2, -0.15) is 0 Å². The van der Waals surface area contributed by atoms with Crippen molar-refractivity contribution in [1.29, 1.82) is 0 Å². The highest BCUT2D eigenvalue weighted by Crippen LogP contribution is 2.19. The van der Waals surface area contributed by atoms with Crippen LogP contribution in [0.25, 0.3) is 0 Å². The number of nitrogens with one attached hydrogen (secondary N) is 2. The summed E-state index contributed by atoms with van der Waals surface area (Å²) in [6.07, 6.45) is 2.91. The first-order valence-electron chi connectivity index (χ1n) is 6.96. The first kappa shape index (κ1) is 18.9. The molecular formula is C14H22ClN3O3S. The van der Waals surface area contributed by atoms with Gasteiger partial charge >= 0.3 is 0 Å². The lowest BCUT2D eigenvalue weighted by molar-refractivity contribution is -0.128. The molecule has 1 aromatic rings. The molecule has 4 N–H and O–H groups in total. The Morgan fingerprint density at radius 3 is 2.73 bits per heavy atom. The Hall–Kier alpha value is -1.15. The number of amides is 1. The van der Waals surface area contributed by atoms with Crippen LogP contribution in [0.3, 0.4) is 0 Å². The van der Waals surface area contributed by atoms with Gasteiger partial charge < -0.3 is 10.6 Å². The van der Waals surface area contributed by atoms with Crippen molar-refractivity contribution in [1.82, 2.24) is 10.6 Å². The maximum atomic E-state index is 12.3. The summed E-state index contributed by atoms with van der Waals surface area (Å²) in [7, 11) is -3.72. The molecule has 6 nitrogen and oxygen atoms in total. The van der Waals surface area contributed by atoms with Gasteiger partial charge in [0, 0.05) is 6.54 Å². The number of nitrogens with two attached hydrogens (primary N) is 1. The fourth-order valence-electron chi connectivity index (χ4n) is 2.46. The average Bonchev–Trinajstić information content (AvgIpc) is 2.45. The second kappa shape index (κ2) is 7.41. The van der Waals surface area contributed by atoms with Crippen LogP contribution in [0.1, 0.15) is 31.7 Å². The van der Waals surface area contributed by atoms with Gasteiger partial charge in [-0.1, -0.05) is 12.1 Å². The van der Waals surface area contributed by atoms with Gasteiger partial charge in [-0.15, -0.1) is 12.4 Å². The number of primary sulfonamides is 1.